The van der Waals surface area contributed by atoms with E-state index in [0.29, 0.717) is 5.02 Å². The molecule has 15 heavy (non-hydrogen) atoms. The second-order valence-electron chi connectivity index (χ2n) is 3.81. The molecule has 0 bridgehead atoms. The Morgan fingerprint density at radius 2 is 2.00 bits per heavy atom. The summed E-state index contributed by atoms with van der Waals surface area (Å²) in [6.45, 7) is 5.69. The second-order valence-corrected chi connectivity index (χ2v) is 4.22. The highest BCUT2D eigenvalue weighted by Gasteiger charge is 2.13. The molecule has 82 valence electrons. The van der Waals surface area contributed by atoms with Crippen molar-refractivity contribution in [2.75, 3.05) is 31.1 Å². The number of hydrogen-bond acceptors (Lipinski definition) is 3. The minimum atomic E-state index is 0.274. The van der Waals surface area contributed by atoms with Gasteiger partial charge in [-0.1, -0.05) is 11.6 Å². The Morgan fingerprint density at radius 1 is 1.33 bits per heavy atom. The summed E-state index contributed by atoms with van der Waals surface area (Å²) >= 11 is 6.04. The van der Waals surface area contributed by atoms with Crippen LogP contribution in [0.2, 0.25) is 5.02 Å². The molecular weight excluding hydrogens is 212 g/mol. The van der Waals surface area contributed by atoms with Gasteiger partial charge in [0.15, 0.2) is 0 Å². The van der Waals surface area contributed by atoms with Crippen molar-refractivity contribution in [1.29, 1.82) is 0 Å². The van der Waals surface area contributed by atoms with Crippen LogP contribution in [0.1, 0.15) is 5.56 Å². The summed E-state index contributed by atoms with van der Waals surface area (Å²) in [5.41, 5.74) is 1.75. The van der Waals surface area contributed by atoms with Crippen LogP contribution < -0.4 is 10.2 Å². The first-order valence-electron chi connectivity index (χ1n) is 5.13. The number of phenolic OH excluding ortho intramolecular Hbond substituents is 1. The number of anilines is 1. The molecule has 0 atom stereocenters. The Hall–Kier alpha value is -0.930. The molecule has 0 saturated carbocycles. The van der Waals surface area contributed by atoms with E-state index in [2.05, 4.69) is 10.2 Å². The number of halogens is 1. The standard InChI is InChI=1S/C11H15ClN2O/c1-8-10(12)6-9(7-11(8)15)14-4-2-13-3-5-14/h6-7,13,15H,2-5H2,1H3. The van der Waals surface area contributed by atoms with Gasteiger partial charge < -0.3 is 15.3 Å². The van der Waals surface area contributed by atoms with Gasteiger partial charge in [0.1, 0.15) is 5.75 Å². The zero-order valence-electron chi connectivity index (χ0n) is 8.76. The van der Waals surface area contributed by atoms with Gasteiger partial charge in [-0.3, -0.25) is 0 Å². The highest BCUT2D eigenvalue weighted by Crippen LogP contribution is 2.31. The van der Waals surface area contributed by atoms with Gasteiger partial charge in [0.25, 0.3) is 0 Å². The van der Waals surface area contributed by atoms with Crippen molar-refractivity contribution in [3.8, 4) is 5.75 Å². The van der Waals surface area contributed by atoms with Gasteiger partial charge in [-0.2, -0.15) is 0 Å². The van der Waals surface area contributed by atoms with Crippen LogP contribution >= 0.6 is 11.6 Å². The molecule has 1 aliphatic heterocycles. The number of rotatable bonds is 1. The van der Waals surface area contributed by atoms with Gasteiger partial charge in [0.2, 0.25) is 0 Å². The first-order valence-corrected chi connectivity index (χ1v) is 5.51. The number of aromatic hydroxyl groups is 1. The van der Waals surface area contributed by atoms with Gasteiger partial charge >= 0.3 is 0 Å². The zero-order chi connectivity index (χ0) is 10.8. The van der Waals surface area contributed by atoms with Gasteiger partial charge in [-0.05, 0) is 13.0 Å². The van der Waals surface area contributed by atoms with Crippen LogP contribution in [0.15, 0.2) is 12.1 Å². The van der Waals surface area contributed by atoms with Crippen molar-refractivity contribution in [2.45, 2.75) is 6.92 Å². The molecule has 0 aromatic heterocycles. The first-order chi connectivity index (χ1) is 7.18. The molecule has 1 saturated heterocycles. The van der Waals surface area contributed by atoms with Crippen molar-refractivity contribution in [1.82, 2.24) is 5.32 Å². The molecule has 1 heterocycles. The fourth-order valence-corrected chi connectivity index (χ4v) is 1.96. The number of benzene rings is 1. The maximum Gasteiger partial charge on any atom is 0.122 e. The molecule has 0 radical (unpaired) electrons. The molecule has 1 aromatic rings. The van der Waals surface area contributed by atoms with Crippen molar-refractivity contribution < 1.29 is 5.11 Å². The Balaban J connectivity index is 2.27. The van der Waals surface area contributed by atoms with E-state index in [1.54, 1.807) is 6.07 Å². The number of phenols is 1. The summed E-state index contributed by atoms with van der Waals surface area (Å²) < 4.78 is 0. The van der Waals surface area contributed by atoms with Crippen LogP contribution in [-0.4, -0.2) is 31.3 Å². The minimum Gasteiger partial charge on any atom is -0.508 e. The van der Waals surface area contributed by atoms with E-state index in [4.69, 9.17) is 11.6 Å². The van der Waals surface area contributed by atoms with E-state index in [9.17, 15) is 5.11 Å². The SMILES string of the molecule is Cc1c(O)cc(N2CCNCC2)cc1Cl. The monoisotopic (exact) mass is 226 g/mol. The van der Waals surface area contributed by atoms with Crippen molar-refractivity contribution in [2.24, 2.45) is 0 Å². The van der Waals surface area contributed by atoms with Crippen molar-refractivity contribution in [3.05, 3.63) is 22.7 Å². The fourth-order valence-electron chi connectivity index (χ4n) is 1.76. The fraction of sp³-hybridized carbons (Fsp3) is 0.455. The average molecular weight is 227 g/mol. The van der Waals surface area contributed by atoms with E-state index in [0.717, 1.165) is 37.4 Å². The summed E-state index contributed by atoms with van der Waals surface area (Å²) in [4.78, 5) is 2.22. The minimum absolute atomic E-state index is 0.274. The zero-order valence-corrected chi connectivity index (χ0v) is 9.51. The molecule has 0 amide bonds. The average Bonchev–Trinajstić information content (AvgIpc) is 2.26. The summed E-state index contributed by atoms with van der Waals surface area (Å²) in [5, 5.41) is 13.6. The molecular formula is C11H15ClN2O. The van der Waals surface area contributed by atoms with Gasteiger partial charge in [0, 0.05) is 48.5 Å². The Kier molecular flexibility index (Phi) is 3.03. The largest absolute Gasteiger partial charge is 0.508 e. The van der Waals surface area contributed by atoms with E-state index in [-0.39, 0.29) is 5.75 Å². The lowest BCUT2D eigenvalue weighted by atomic mass is 10.2. The first kappa shape index (κ1) is 10.6. The van der Waals surface area contributed by atoms with E-state index in [1.807, 2.05) is 13.0 Å². The molecule has 1 fully saturated rings. The lowest BCUT2D eigenvalue weighted by molar-refractivity contribution is 0.470. The van der Waals surface area contributed by atoms with E-state index < -0.39 is 0 Å². The van der Waals surface area contributed by atoms with Crippen LogP contribution in [0.4, 0.5) is 5.69 Å². The number of nitrogens with zero attached hydrogens (tertiary/aromatic N) is 1. The maximum atomic E-state index is 9.68. The summed E-state index contributed by atoms with van der Waals surface area (Å²) in [5.74, 6) is 0.274. The lowest BCUT2D eigenvalue weighted by Gasteiger charge is -2.29. The summed E-state index contributed by atoms with van der Waals surface area (Å²) in [6.07, 6.45) is 0. The Bertz CT molecular complexity index is 339. The van der Waals surface area contributed by atoms with Crippen LogP contribution in [0.5, 0.6) is 5.75 Å². The topological polar surface area (TPSA) is 35.5 Å². The van der Waals surface area contributed by atoms with Gasteiger partial charge in [0.05, 0.1) is 0 Å². The predicted molar refractivity (Wildman–Crippen MR) is 62.9 cm³/mol. The molecule has 1 aromatic carbocycles. The molecule has 3 nitrogen and oxygen atoms in total. The van der Waals surface area contributed by atoms with E-state index >= 15 is 0 Å². The molecule has 2 N–H and O–H groups in total. The van der Waals surface area contributed by atoms with Crippen LogP contribution in [0.3, 0.4) is 0 Å². The van der Waals surface area contributed by atoms with Crippen LogP contribution in [-0.2, 0) is 0 Å². The highest BCUT2D eigenvalue weighted by molar-refractivity contribution is 6.31. The number of hydrogen-bond donors (Lipinski definition) is 2. The lowest BCUT2D eigenvalue weighted by Crippen LogP contribution is -2.43. The summed E-state index contributed by atoms with van der Waals surface area (Å²) in [7, 11) is 0. The third-order valence-electron chi connectivity index (χ3n) is 2.78. The third kappa shape index (κ3) is 2.19. The number of nitrogens with one attached hydrogen (secondary N) is 1. The maximum absolute atomic E-state index is 9.68. The normalized spacial score (nSPS) is 16.8. The number of piperazine rings is 1. The molecule has 0 unspecified atom stereocenters. The Labute approximate surface area is 94.7 Å². The smallest absolute Gasteiger partial charge is 0.122 e. The van der Waals surface area contributed by atoms with Gasteiger partial charge in [-0.15, -0.1) is 0 Å². The van der Waals surface area contributed by atoms with Crippen LogP contribution in [0, 0.1) is 6.92 Å². The second kappa shape index (κ2) is 4.29. The van der Waals surface area contributed by atoms with Crippen molar-refractivity contribution in [3.63, 3.8) is 0 Å². The van der Waals surface area contributed by atoms with Crippen LogP contribution in [0.25, 0.3) is 0 Å². The Morgan fingerprint density at radius 3 is 2.60 bits per heavy atom. The quantitative estimate of drug-likeness (QED) is 0.766. The molecule has 0 aliphatic carbocycles. The molecule has 2 rings (SSSR count). The molecule has 0 spiro atoms. The highest BCUT2D eigenvalue weighted by atomic mass is 35.5. The summed E-state index contributed by atoms with van der Waals surface area (Å²) in [6, 6.07) is 3.70. The predicted octanol–water partition coefficient (Wildman–Crippen LogP) is 1.76. The molecule has 4 heteroatoms. The van der Waals surface area contributed by atoms with Gasteiger partial charge in [-0.25, -0.2) is 0 Å². The third-order valence-corrected chi connectivity index (χ3v) is 3.18. The molecule has 1 aliphatic rings. The van der Waals surface area contributed by atoms with E-state index in [1.165, 1.54) is 0 Å². The van der Waals surface area contributed by atoms with Crippen molar-refractivity contribution >= 4 is 17.3 Å².